The molecule has 3 nitrogen and oxygen atoms in total. The lowest BCUT2D eigenvalue weighted by atomic mass is 9.83. The fourth-order valence-electron chi connectivity index (χ4n) is 3.51. The van der Waals surface area contributed by atoms with E-state index < -0.39 is 0 Å². The number of hydrogen-bond acceptors (Lipinski definition) is 3. The van der Waals surface area contributed by atoms with E-state index in [0.717, 1.165) is 31.2 Å². The topological polar surface area (TPSA) is 28.2 Å². The van der Waals surface area contributed by atoms with E-state index in [1.165, 1.54) is 37.8 Å². The second-order valence-electron chi connectivity index (χ2n) is 6.06. The number of piperazine rings is 1. The lowest BCUT2D eigenvalue weighted by molar-refractivity contribution is 0.257. The van der Waals surface area contributed by atoms with Crippen LogP contribution in [0.4, 0.5) is 5.69 Å². The van der Waals surface area contributed by atoms with Gasteiger partial charge < -0.3 is 10.2 Å². The minimum Gasteiger partial charge on any atom is -0.367 e. The molecule has 1 saturated carbocycles. The van der Waals surface area contributed by atoms with E-state index in [1.54, 1.807) is 0 Å². The summed E-state index contributed by atoms with van der Waals surface area (Å²) in [7, 11) is 0. The first-order valence-corrected chi connectivity index (χ1v) is 7.74. The molecule has 1 aromatic rings. The van der Waals surface area contributed by atoms with Crippen LogP contribution in [-0.2, 0) is 0 Å². The Morgan fingerprint density at radius 2 is 2.05 bits per heavy atom. The Labute approximate surface area is 116 Å². The van der Waals surface area contributed by atoms with Gasteiger partial charge in [0.1, 0.15) is 0 Å². The molecule has 1 aliphatic carbocycles. The Morgan fingerprint density at radius 1 is 1.21 bits per heavy atom. The Bertz CT molecular complexity index is 395. The van der Waals surface area contributed by atoms with E-state index in [2.05, 4.69) is 27.3 Å². The van der Waals surface area contributed by atoms with Crippen LogP contribution in [-0.4, -0.2) is 30.7 Å². The molecule has 2 aliphatic rings. The molecule has 0 amide bonds. The highest BCUT2D eigenvalue weighted by Gasteiger charge is 2.28. The highest BCUT2D eigenvalue weighted by atomic mass is 15.2. The van der Waals surface area contributed by atoms with Gasteiger partial charge in [-0.3, -0.25) is 4.98 Å². The zero-order chi connectivity index (χ0) is 13.1. The fourth-order valence-corrected chi connectivity index (χ4v) is 3.51. The second-order valence-corrected chi connectivity index (χ2v) is 6.06. The molecule has 1 N–H and O–H groups in total. The monoisotopic (exact) mass is 259 g/mol. The molecule has 2 fully saturated rings. The predicted molar refractivity (Wildman–Crippen MR) is 79.6 cm³/mol. The van der Waals surface area contributed by atoms with E-state index in [4.69, 9.17) is 0 Å². The SMILES string of the molecule is Cc1ccc(N2CCNC(C3CCCCC3)C2)cn1. The van der Waals surface area contributed by atoms with Crippen molar-refractivity contribution in [1.82, 2.24) is 10.3 Å². The molecule has 0 spiro atoms. The lowest BCUT2D eigenvalue weighted by Crippen LogP contribution is -2.54. The van der Waals surface area contributed by atoms with E-state index >= 15 is 0 Å². The Kier molecular flexibility index (Phi) is 4.02. The molecule has 19 heavy (non-hydrogen) atoms. The minimum absolute atomic E-state index is 0.676. The second kappa shape index (κ2) is 5.91. The molecule has 0 bridgehead atoms. The average molecular weight is 259 g/mol. The van der Waals surface area contributed by atoms with Crippen molar-refractivity contribution in [2.75, 3.05) is 24.5 Å². The highest BCUT2D eigenvalue weighted by Crippen LogP contribution is 2.28. The van der Waals surface area contributed by atoms with Crippen molar-refractivity contribution in [3.05, 3.63) is 24.0 Å². The molecule has 104 valence electrons. The van der Waals surface area contributed by atoms with Gasteiger partial charge in [0.15, 0.2) is 0 Å². The van der Waals surface area contributed by atoms with Gasteiger partial charge in [-0.05, 0) is 37.8 Å². The van der Waals surface area contributed by atoms with Crippen molar-refractivity contribution < 1.29 is 0 Å². The summed E-state index contributed by atoms with van der Waals surface area (Å²) in [6, 6.07) is 5.01. The molecular weight excluding hydrogens is 234 g/mol. The van der Waals surface area contributed by atoms with E-state index in [9.17, 15) is 0 Å². The summed E-state index contributed by atoms with van der Waals surface area (Å²) >= 11 is 0. The summed E-state index contributed by atoms with van der Waals surface area (Å²) in [5.41, 5.74) is 2.38. The van der Waals surface area contributed by atoms with Crippen LogP contribution in [0.1, 0.15) is 37.8 Å². The van der Waals surface area contributed by atoms with Crippen molar-refractivity contribution in [3.63, 3.8) is 0 Å². The smallest absolute Gasteiger partial charge is 0.0553 e. The van der Waals surface area contributed by atoms with Gasteiger partial charge in [-0.15, -0.1) is 0 Å². The van der Waals surface area contributed by atoms with Gasteiger partial charge in [0, 0.05) is 31.4 Å². The summed E-state index contributed by atoms with van der Waals surface area (Å²) in [6.45, 7) is 5.41. The number of anilines is 1. The van der Waals surface area contributed by atoms with Crippen LogP contribution in [0.3, 0.4) is 0 Å². The molecule has 1 atom stereocenters. The standard InChI is InChI=1S/C16H25N3/c1-13-7-8-15(11-18-13)19-10-9-17-16(12-19)14-5-3-2-4-6-14/h7-8,11,14,16-17H,2-6,9-10,12H2,1H3. The molecule has 0 radical (unpaired) electrons. The van der Waals surface area contributed by atoms with Crippen LogP contribution in [0, 0.1) is 12.8 Å². The van der Waals surface area contributed by atoms with Crippen LogP contribution >= 0.6 is 0 Å². The third-order valence-electron chi connectivity index (χ3n) is 4.69. The molecule has 3 heteroatoms. The van der Waals surface area contributed by atoms with Gasteiger partial charge in [-0.25, -0.2) is 0 Å². The normalized spacial score (nSPS) is 25.5. The largest absolute Gasteiger partial charge is 0.367 e. The van der Waals surface area contributed by atoms with Crippen LogP contribution in [0.5, 0.6) is 0 Å². The van der Waals surface area contributed by atoms with E-state index in [-0.39, 0.29) is 0 Å². The van der Waals surface area contributed by atoms with Gasteiger partial charge in [0.25, 0.3) is 0 Å². The fraction of sp³-hybridized carbons (Fsp3) is 0.688. The number of aromatic nitrogens is 1. The van der Waals surface area contributed by atoms with Gasteiger partial charge >= 0.3 is 0 Å². The first-order valence-electron chi connectivity index (χ1n) is 7.74. The zero-order valence-corrected chi connectivity index (χ0v) is 11.9. The predicted octanol–water partition coefficient (Wildman–Crippen LogP) is 2.75. The third-order valence-corrected chi connectivity index (χ3v) is 4.69. The lowest BCUT2D eigenvalue weighted by Gasteiger charge is -2.40. The van der Waals surface area contributed by atoms with Crippen LogP contribution < -0.4 is 10.2 Å². The van der Waals surface area contributed by atoms with Gasteiger partial charge in [-0.2, -0.15) is 0 Å². The summed E-state index contributed by atoms with van der Waals surface area (Å²) in [4.78, 5) is 6.93. The molecule has 0 aromatic carbocycles. The van der Waals surface area contributed by atoms with Crippen molar-refractivity contribution in [3.8, 4) is 0 Å². The Hall–Kier alpha value is -1.09. The van der Waals surface area contributed by atoms with Crippen LogP contribution in [0.15, 0.2) is 18.3 Å². The molecule has 1 aromatic heterocycles. The van der Waals surface area contributed by atoms with Crippen molar-refractivity contribution >= 4 is 5.69 Å². The minimum atomic E-state index is 0.676. The van der Waals surface area contributed by atoms with Gasteiger partial charge in [-0.1, -0.05) is 19.3 Å². The Morgan fingerprint density at radius 3 is 2.79 bits per heavy atom. The first-order chi connectivity index (χ1) is 9.33. The summed E-state index contributed by atoms with van der Waals surface area (Å²) in [5.74, 6) is 0.884. The number of hydrogen-bond donors (Lipinski definition) is 1. The van der Waals surface area contributed by atoms with Crippen molar-refractivity contribution in [2.24, 2.45) is 5.92 Å². The molecule has 2 heterocycles. The van der Waals surface area contributed by atoms with Crippen LogP contribution in [0.2, 0.25) is 0 Å². The first kappa shape index (κ1) is 12.9. The molecule has 1 unspecified atom stereocenters. The average Bonchev–Trinajstić information content (AvgIpc) is 2.49. The number of nitrogens with zero attached hydrogens (tertiary/aromatic N) is 2. The van der Waals surface area contributed by atoms with E-state index in [0.29, 0.717) is 6.04 Å². The summed E-state index contributed by atoms with van der Waals surface area (Å²) < 4.78 is 0. The summed E-state index contributed by atoms with van der Waals surface area (Å²) in [5, 5.41) is 3.74. The molecular formula is C16H25N3. The van der Waals surface area contributed by atoms with Crippen molar-refractivity contribution in [1.29, 1.82) is 0 Å². The summed E-state index contributed by atoms with van der Waals surface area (Å²) in [6.07, 6.45) is 9.15. The van der Waals surface area contributed by atoms with Crippen LogP contribution in [0.25, 0.3) is 0 Å². The van der Waals surface area contributed by atoms with Crippen molar-refractivity contribution in [2.45, 2.75) is 45.1 Å². The number of rotatable bonds is 2. The van der Waals surface area contributed by atoms with Gasteiger partial charge in [0.2, 0.25) is 0 Å². The van der Waals surface area contributed by atoms with Gasteiger partial charge in [0.05, 0.1) is 11.9 Å². The quantitative estimate of drug-likeness (QED) is 0.885. The number of nitrogens with one attached hydrogen (secondary N) is 1. The molecule has 1 aliphatic heterocycles. The maximum atomic E-state index is 4.43. The maximum Gasteiger partial charge on any atom is 0.0553 e. The third kappa shape index (κ3) is 3.08. The highest BCUT2D eigenvalue weighted by molar-refractivity contribution is 5.45. The molecule has 3 rings (SSSR count). The van der Waals surface area contributed by atoms with E-state index in [1.807, 2.05) is 13.1 Å². The maximum absolute atomic E-state index is 4.43. The molecule has 1 saturated heterocycles. The zero-order valence-electron chi connectivity index (χ0n) is 11.9. The Balaban J connectivity index is 1.65. The number of aryl methyl sites for hydroxylation is 1. The number of pyridine rings is 1.